The minimum atomic E-state index is -0.649. The summed E-state index contributed by atoms with van der Waals surface area (Å²) in [7, 11) is 1.76. The van der Waals surface area contributed by atoms with Gasteiger partial charge in [-0.25, -0.2) is 4.39 Å². The van der Waals surface area contributed by atoms with Crippen molar-refractivity contribution in [2.45, 2.75) is 20.0 Å². The molecule has 1 N–H and O–H groups in total. The third-order valence-electron chi connectivity index (χ3n) is 3.72. The van der Waals surface area contributed by atoms with E-state index < -0.39 is 11.7 Å². The highest BCUT2D eigenvalue weighted by atomic mass is 19.1. The number of nitrogens with zero attached hydrogens (tertiary/aromatic N) is 3. The van der Waals surface area contributed by atoms with Gasteiger partial charge in [0.25, 0.3) is 5.91 Å². The maximum atomic E-state index is 13.6. The number of hydrogen-bond donors (Lipinski definition) is 1. The second-order valence-electron chi connectivity index (χ2n) is 6.08. The SMILES string of the molecule is CC(C)Oc1cccc2c1c(NC(=O)c1cc(F)cc(C#N)c1)nn2C. The first kappa shape index (κ1) is 17.4. The molecule has 7 heteroatoms. The van der Waals surface area contributed by atoms with Crippen molar-refractivity contribution in [3.05, 3.63) is 53.3 Å². The summed E-state index contributed by atoms with van der Waals surface area (Å²) in [6, 6.07) is 10.8. The van der Waals surface area contributed by atoms with E-state index in [1.165, 1.54) is 6.07 Å². The summed E-state index contributed by atoms with van der Waals surface area (Å²) in [4.78, 5) is 12.5. The number of rotatable bonds is 4. The third kappa shape index (κ3) is 3.35. The molecule has 0 unspecified atom stereocenters. The monoisotopic (exact) mass is 352 g/mol. The number of amides is 1. The van der Waals surface area contributed by atoms with Gasteiger partial charge in [0.05, 0.1) is 28.6 Å². The van der Waals surface area contributed by atoms with Crippen molar-refractivity contribution in [1.29, 1.82) is 5.26 Å². The molecule has 1 heterocycles. The topological polar surface area (TPSA) is 79.9 Å². The fraction of sp³-hybridized carbons (Fsp3) is 0.211. The van der Waals surface area contributed by atoms with E-state index in [4.69, 9.17) is 10.00 Å². The fourth-order valence-electron chi connectivity index (χ4n) is 2.69. The van der Waals surface area contributed by atoms with Crippen LogP contribution >= 0.6 is 0 Å². The molecule has 132 valence electrons. The highest BCUT2D eigenvalue weighted by molar-refractivity contribution is 6.09. The Labute approximate surface area is 149 Å². The number of hydrogen-bond acceptors (Lipinski definition) is 4. The number of carbonyl (C=O) groups excluding carboxylic acids is 1. The summed E-state index contributed by atoms with van der Waals surface area (Å²) in [5.41, 5.74) is 0.905. The molecule has 2 aromatic carbocycles. The molecule has 0 saturated heterocycles. The van der Waals surface area contributed by atoms with Crippen LogP contribution in [-0.4, -0.2) is 21.8 Å². The predicted molar refractivity (Wildman–Crippen MR) is 95.5 cm³/mol. The minimum absolute atomic E-state index is 0.0441. The van der Waals surface area contributed by atoms with E-state index in [0.717, 1.165) is 17.6 Å². The molecule has 3 rings (SSSR count). The van der Waals surface area contributed by atoms with Crippen molar-refractivity contribution in [2.24, 2.45) is 7.05 Å². The number of nitrogens with one attached hydrogen (secondary N) is 1. The third-order valence-corrected chi connectivity index (χ3v) is 3.72. The van der Waals surface area contributed by atoms with E-state index in [1.54, 1.807) is 17.8 Å². The van der Waals surface area contributed by atoms with Crippen LogP contribution in [0.25, 0.3) is 10.9 Å². The molecular formula is C19H17FN4O2. The molecule has 0 spiro atoms. The van der Waals surface area contributed by atoms with Crippen molar-refractivity contribution in [2.75, 3.05) is 5.32 Å². The number of aromatic nitrogens is 2. The Balaban J connectivity index is 2.02. The highest BCUT2D eigenvalue weighted by Crippen LogP contribution is 2.32. The summed E-state index contributed by atoms with van der Waals surface area (Å²) in [5.74, 6) is -0.298. The van der Waals surface area contributed by atoms with Gasteiger partial charge >= 0.3 is 0 Å². The quantitative estimate of drug-likeness (QED) is 0.778. The van der Waals surface area contributed by atoms with Crippen LogP contribution in [0.15, 0.2) is 36.4 Å². The molecule has 0 radical (unpaired) electrons. The molecule has 26 heavy (non-hydrogen) atoms. The first-order valence-electron chi connectivity index (χ1n) is 8.03. The maximum absolute atomic E-state index is 13.6. The number of carbonyl (C=O) groups is 1. The fourth-order valence-corrected chi connectivity index (χ4v) is 2.69. The van der Waals surface area contributed by atoms with Crippen LogP contribution in [0.2, 0.25) is 0 Å². The smallest absolute Gasteiger partial charge is 0.257 e. The summed E-state index contributed by atoms with van der Waals surface area (Å²) in [6.07, 6.45) is -0.0502. The van der Waals surface area contributed by atoms with E-state index in [-0.39, 0.29) is 17.2 Å². The molecule has 1 amide bonds. The summed E-state index contributed by atoms with van der Waals surface area (Å²) >= 11 is 0. The lowest BCUT2D eigenvalue weighted by Crippen LogP contribution is -2.13. The van der Waals surface area contributed by atoms with Crippen LogP contribution < -0.4 is 10.1 Å². The normalized spacial score (nSPS) is 10.8. The van der Waals surface area contributed by atoms with Crippen molar-refractivity contribution in [3.8, 4) is 11.8 Å². The Hall–Kier alpha value is -3.40. The number of nitriles is 1. The zero-order chi connectivity index (χ0) is 18.8. The van der Waals surface area contributed by atoms with Gasteiger partial charge in [-0.3, -0.25) is 9.48 Å². The van der Waals surface area contributed by atoms with Gasteiger partial charge in [0, 0.05) is 12.6 Å². The molecule has 0 bridgehead atoms. The minimum Gasteiger partial charge on any atom is -0.490 e. The molecule has 0 atom stereocenters. The van der Waals surface area contributed by atoms with Crippen LogP contribution in [0, 0.1) is 17.1 Å². The van der Waals surface area contributed by atoms with Crippen molar-refractivity contribution in [3.63, 3.8) is 0 Å². The zero-order valence-corrected chi connectivity index (χ0v) is 14.6. The van der Waals surface area contributed by atoms with E-state index in [9.17, 15) is 9.18 Å². The number of anilines is 1. The Morgan fingerprint density at radius 1 is 1.35 bits per heavy atom. The molecule has 6 nitrogen and oxygen atoms in total. The van der Waals surface area contributed by atoms with Crippen LogP contribution in [0.3, 0.4) is 0 Å². The van der Waals surface area contributed by atoms with E-state index in [1.807, 2.05) is 32.0 Å². The first-order chi connectivity index (χ1) is 12.4. The standard InChI is InChI=1S/C19H17FN4O2/c1-11(2)26-16-6-4-5-15-17(16)18(23-24(15)3)22-19(25)13-7-12(10-21)8-14(20)9-13/h4-9,11H,1-3H3,(H,22,23,25). The van der Waals surface area contributed by atoms with E-state index in [0.29, 0.717) is 17.0 Å². The summed E-state index contributed by atoms with van der Waals surface area (Å²) in [6.45, 7) is 3.81. The number of fused-ring (bicyclic) bond motifs is 1. The van der Waals surface area contributed by atoms with Gasteiger partial charge in [-0.1, -0.05) is 6.07 Å². The van der Waals surface area contributed by atoms with Crippen molar-refractivity contribution in [1.82, 2.24) is 9.78 Å². The van der Waals surface area contributed by atoms with Crippen LogP contribution in [-0.2, 0) is 7.05 Å². The van der Waals surface area contributed by atoms with E-state index >= 15 is 0 Å². The van der Waals surface area contributed by atoms with Gasteiger partial charge < -0.3 is 10.1 Å². The largest absolute Gasteiger partial charge is 0.490 e. The molecule has 3 aromatic rings. The van der Waals surface area contributed by atoms with Gasteiger partial charge in [-0.05, 0) is 44.2 Å². The second kappa shape index (κ2) is 6.84. The lowest BCUT2D eigenvalue weighted by Gasteiger charge is -2.11. The zero-order valence-electron chi connectivity index (χ0n) is 14.6. The average molecular weight is 352 g/mol. The van der Waals surface area contributed by atoms with Crippen LogP contribution in [0.5, 0.6) is 5.75 Å². The summed E-state index contributed by atoms with van der Waals surface area (Å²) < 4.78 is 21.1. The molecule has 0 aliphatic carbocycles. The predicted octanol–water partition coefficient (Wildman–Crippen LogP) is 3.62. The van der Waals surface area contributed by atoms with Gasteiger partial charge in [0.1, 0.15) is 11.6 Å². The van der Waals surface area contributed by atoms with Crippen LogP contribution in [0.4, 0.5) is 10.2 Å². The van der Waals surface area contributed by atoms with Crippen LogP contribution in [0.1, 0.15) is 29.8 Å². The molecule has 0 aliphatic rings. The van der Waals surface area contributed by atoms with E-state index in [2.05, 4.69) is 10.4 Å². The first-order valence-corrected chi connectivity index (χ1v) is 8.03. The maximum Gasteiger partial charge on any atom is 0.257 e. The molecule has 0 aliphatic heterocycles. The van der Waals surface area contributed by atoms with Gasteiger partial charge in [-0.2, -0.15) is 10.4 Å². The summed E-state index contributed by atoms with van der Waals surface area (Å²) in [5, 5.41) is 16.6. The molecule has 0 saturated carbocycles. The lowest BCUT2D eigenvalue weighted by atomic mass is 10.1. The number of aryl methyl sites for hydroxylation is 1. The lowest BCUT2D eigenvalue weighted by molar-refractivity contribution is 0.102. The van der Waals surface area contributed by atoms with Crippen molar-refractivity contribution < 1.29 is 13.9 Å². The molecule has 0 fully saturated rings. The average Bonchev–Trinajstić information content (AvgIpc) is 2.90. The molecule has 1 aromatic heterocycles. The Morgan fingerprint density at radius 3 is 2.81 bits per heavy atom. The number of benzene rings is 2. The van der Waals surface area contributed by atoms with Gasteiger partial charge in [0.15, 0.2) is 5.82 Å². The van der Waals surface area contributed by atoms with Crippen molar-refractivity contribution >= 4 is 22.6 Å². The number of halogens is 1. The van der Waals surface area contributed by atoms with Gasteiger partial charge in [-0.15, -0.1) is 0 Å². The number of ether oxygens (including phenoxy) is 1. The Morgan fingerprint density at radius 2 is 2.12 bits per heavy atom. The second-order valence-corrected chi connectivity index (χ2v) is 6.08. The Kier molecular flexibility index (Phi) is 4.59. The Bertz CT molecular complexity index is 1030. The molecular weight excluding hydrogens is 335 g/mol. The highest BCUT2D eigenvalue weighted by Gasteiger charge is 2.18. The van der Waals surface area contributed by atoms with Gasteiger partial charge in [0.2, 0.25) is 0 Å².